The second kappa shape index (κ2) is 8.01. The van der Waals surface area contributed by atoms with Gasteiger partial charge in [-0.3, -0.25) is 9.59 Å². The monoisotopic (exact) mass is 377 g/mol. The zero-order chi connectivity index (χ0) is 19.3. The molecule has 0 aliphatic heterocycles. The van der Waals surface area contributed by atoms with E-state index in [1.807, 2.05) is 0 Å². The van der Waals surface area contributed by atoms with Gasteiger partial charge in [0.15, 0.2) is 9.84 Å². The minimum Gasteiger partial charge on any atom is -0.497 e. The van der Waals surface area contributed by atoms with Gasteiger partial charge in [-0.05, 0) is 35.9 Å². The Kier molecular flexibility index (Phi) is 5.99. The van der Waals surface area contributed by atoms with E-state index in [4.69, 9.17) is 9.84 Å². The average Bonchev–Trinajstić information content (AvgIpc) is 2.60. The summed E-state index contributed by atoms with van der Waals surface area (Å²) in [6.45, 7) is 0. The maximum atomic E-state index is 12.5. The first-order chi connectivity index (χ1) is 12.2. The molecule has 8 heteroatoms. The summed E-state index contributed by atoms with van der Waals surface area (Å²) < 4.78 is 28.3. The highest BCUT2D eigenvalue weighted by Gasteiger charge is 2.20. The molecule has 0 unspecified atom stereocenters. The van der Waals surface area contributed by atoms with Crippen LogP contribution in [0.25, 0.3) is 0 Å². The number of carbonyl (C=O) groups excluding carboxylic acids is 1. The zero-order valence-electron chi connectivity index (χ0n) is 14.3. The van der Waals surface area contributed by atoms with Crippen molar-refractivity contribution in [2.75, 3.05) is 13.4 Å². The van der Waals surface area contributed by atoms with Crippen LogP contribution in [0.15, 0.2) is 53.4 Å². The number of hydrogen-bond donors (Lipinski definition) is 2. The summed E-state index contributed by atoms with van der Waals surface area (Å²) in [6.07, 6.45) is 0.735. The molecule has 0 saturated heterocycles. The first-order valence-corrected chi connectivity index (χ1v) is 9.56. The van der Waals surface area contributed by atoms with Crippen LogP contribution in [0.5, 0.6) is 5.75 Å². The van der Waals surface area contributed by atoms with Gasteiger partial charge in [-0.15, -0.1) is 0 Å². The molecule has 0 fully saturated rings. The highest BCUT2D eigenvalue weighted by Crippen LogP contribution is 2.21. The van der Waals surface area contributed by atoms with Crippen molar-refractivity contribution >= 4 is 21.7 Å². The van der Waals surface area contributed by atoms with Crippen molar-refractivity contribution in [2.45, 2.75) is 17.4 Å². The average molecular weight is 377 g/mol. The van der Waals surface area contributed by atoms with Gasteiger partial charge in [-0.1, -0.05) is 18.2 Å². The number of ether oxygens (including phenoxy) is 1. The van der Waals surface area contributed by atoms with Gasteiger partial charge in [-0.25, -0.2) is 8.42 Å². The lowest BCUT2D eigenvalue weighted by molar-refractivity contribution is -0.137. The quantitative estimate of drug-likeness (QED) is 0.764. The molecule has 0 saturated carbocycles. The molecule has 2 aromatic carbocycles. The van der Waals surface area contributed by atoms with Crippen LogP contribution in [0.1, 0.15) is 28.4 Å². The Labute approximate surface area is 151 Å². The van der Waals surface area contributed by atoms with E-state index in [1.165, 1.54) is 31.4 Å². The fourth-order valence-electron chi connectivity index (χ4n) is 2.37. The summed E-state index contributed by atoms with van der Waals surface area (Å²) in [5.41, 5.74) is 0.734. The number of hydrogen-bond acceptors (Lipinski definition) is 5. The van der Waals surface area contributed by atoms with Crippen molar-refractivity contribution in [1.29, 1.82) is 0 Å². The van der Waals surface area contributed by atoms with Crippen molar-refractivity contribution in [1.82, 2.24) is 5.32 Å². The van der Waals surface area contributed by atoms with Crippen LogP contribution in [-0.2, 0) is 14.6 Å². The van der Waals surface area contributed by atoms with E-state index in [9.17, 15) is 18.0 Å². The Morgan fingerprint density at radius 2 is 1.81 bits per heavy atom. The topological polar surface area (TPSA) is 110 Å². The Balaban J connectivity index is 2.27. The maximum Gasteiger partial charge on any atom is 0.305 e. The summed E-state index contributed by atoms with van der Waals surface area (Å²) in [7, 11) is -1.94. The molecule has 0 aliphatic carbocycles. The predicted molar refractivity (Wildman–Crippen MR) is 95.0 cm³/mol. The molecular weight excluding hydrogens is 358 g/mol. The van der Waals surface area contributed by atoms with E-state index in [0.717, 1.165) is 6.26 Å². The van der Waals surface area contributed by atoms with Gasteiger partial charge in [-0.2, -0.15) is 0 Å². The van der Waals surface area contributed by atoms with Crippen LogP contribution in [0, 0.1) is 0 Å². The van der Waals surface area contributed by atoms with E-state index >= 15 is 0 Å². The number of nitrogens with one attached hydrogen (secondary N) is 1. The van der Waals surface area contributed by atoms with Crippen molar-refractivity contribution < 1.29 is 27.9 Å². The molecule has 0 radical (unpaired) electrons. The number of amides is 1. The Morgan fingerprint density at radius 1 is 1.15 bits per heavy atom. The van der Waals surface area contributed by atoms with Gasteiger partial charge in [0.05, 0.1) is 24.5 Å². The molecular formula is C18H19NO6S. The molecule has 2 N–H and O–H groups in total. The fraction of sp³-hybridized carbons (Fsp3) is 0.222. The van der Waals surface area contributed by atoms with Gasteiger partial charge >= 0.3 is 5.97 Å². The number of sulfone groups is 1. The van der Waals surface area contributed by atoms with Gasteiger partial charge in [0, 0.05) is 11.8 Å². The maximum absolute atomic E-state index is 12.5. The smallest absolute Gasteiger partial charge is 0.305 e. The van der Waals surface area contributed by atoms with Crippen LogP contribution in [-0.4, -0.2) is 38.8 Å². The third-order valence-corrected chi connectivity index (χ3v) is 4.84. The van der Waals surface area contributed by atoms with Crippen molar-refractivity contribution in [2.24, 2.45) is 0 Å². The summed E-state index contributed by atoms with van der Waals surface area (Å²) in [6, 6.07) is 11.5. The molecule has 1 amide bonds. The fourth-order valence-corrected chi connectivity index (χ4v) is 3.04. The third-order valence-electron chi connectivity index (χ3n) is 3.73. The number of rotatable bonds is 7. The van der Waals surface area contributed by atoms with Gasteiger partial charge in [0.2, 0.25) is 0 Å². The van der Waals surface area contributed by atoms with E-state index in [0.29, 0.717) is 11.3 Å². The zero-order valence-corrected chi connectivity index (χ0v) is 15.1. The number of aliphatic carboxylic acids is 1. The van der Waals surface area contributed by atoms with Crippen LogP contribution in [0.2, 0.25) is 0 Å². The summed E-state index contributed by atoms with van der Waals surface area (Å²) >= 11 is 0. The van der Waals surface area contributed by atoms with Crippen LogP contribution >= 0.6 is 0 Å². The Hall–Kier alpha value is -2.87. The van der Waals surface area contributed by atoms with E-state index in [1.54, 1.807) is 24.3 Å². The molecule has 2 rings (SSSR count). The number of benzene rings is 2. The number of carboxylic acid groups (broad SMARTS) is 1. The van der Waals surface area contributed by atoms with Crippen LogP contribution in [0.4, 0.5) is 0 Å². The predicted octanol–water partition coefficient (Wildman–Crippen LogP) is 2.04. The Bertz CT molecular complexity index is 906. The standard InChI is InChI=1S/C18H19NO6S/c1-25-14-8-6-12(7-9-14)16(11-17(20)21)19-18(22)13-4-3-5-15(10-13)26(2,23)24/h3-10,16H,11H2,1-2H3,(H,19,22)(H,20,21)/t16-/m1/s1. The normalized spacial score (nSPS) is 12.2. The molecule has 26 heavy (non-hydrogen) atoms. The van der Waals surface area contributed by atoms with Crippen molar-refractivity contribution in [3.05, 3.63) is 59.7 Å². The first kappa shape index (κ1) is 19.5. The second-order valence-electron chi connectivity index (χ2n) is 5.70. The van der Waals surface area contributed by atoms with Crippen molar-refractivity contribution in [3.8, 4) is 5.75 Å². The highest BCUT2D eigenvalue weighted by molar-refractivity contribution is 7.90. The van der Waals surface area contributed by atoms with Gasteiger partial charge in [0.25, 0.3) is 5.91 Å². The molecule has 2 aromatic rings. The summed E-state index contributed by atoms with van der Waals surface area (Å²) in [5, 5.41) is 11.8. The van der Waals surface area contributed by atoms with Crippen LogP contribution < -0.4 is 10.1 Å². The lowest BCUT2D eigenvalue weighted by atomic mass is 10.0. The molecule has 0 heterocycles. The number of carboxylic acids is 1. The molecule has 0 bridgehead atoms. The molecule has 0 aromatic heterocycles. The number of carbonyl (C=O) groups is 2. The molecule has 0 aliphatic rings. The third kappa shape index (κ3) is 5.06. The highest BCUT2D eigenvalue weighted by atomic mass is 32.2. The van der Waals surface area contributed by atoms with E-state index in [2.05, 4.69) is 5.32 Å². The summed E-state index contributed by atoms with van der Waals surface area (Å²) in [4.78, 5) is 23.7. The minimum absolute atomic E-state index is 0.0179. The Morgan fingerprint density at radius 3 is 2.35 bits per heavy atom. The SMILES string of the molecule is COc1ccc([C@@H](CC(=O)O)NC(=O)c2cccc(S(C)(=O)=O)c2)cc1. The molecule has 7 nitrogen and oxygen atoms in total. The van der Waals surface area contributed by atoms with Gasteiger partial charge in [0.1, 0.15) is 5.75 Å². The molecule has 138 valence electrons. The van der Waals surface area contributed by atoms with Crippen molar-refractivity contribution in [3.63, 3.8) is 0 Å². The molecule has 1 atom stereocenters. The van der Waals surface area contributed by atoms with E-state index < -0.39 is 27.8 Å². The first-order valence-electron chi connectivity index (χ1n) is 7.67. The second-order valence-corrected chi connectivity index (χ2v) is 7.71. The summed E-state index contributed by atoms with van der Waals surface area (Å²) in [5.74, 6) is -1.02. The molecule has 0 spiro atoms. The van der Waals surface area contributed by atoms with Crippen LogP contribution in [0.3, 0.4) is 0 Å². The lowest BCUT2D eigenvalue weighted by Crippen LogP contribution is -2.30. The lowest BCUT2D eigenvalue weighted by Gasteiger charge is -2.18. The van der Waals surface area contributed by atoms with E-state index in [-0.39, 0.29) is 16.9 Å². The largest absolute Gasteiger partial charge is 0.497 e. The minimum atomic E-state index is -3.45. The van der Waals surface area contributed by atoms with Gasteiger partial charge < -0.3 is 15.2 Å². The number of methoxy groups -OCH3 is 1.